The number of anilines is 1. The monoisotopic (exact) mass is 299 g/mol. The summed E-state index contributed by atoms with van der Waals surface area (Å²) >= 11 is 0. The van der Waals surface area contributed by atoms with Gasteiger partial charge in [0, 0.05) is 44.8 Å². The summed E-state index contributed by atoms with van der Waals surface area (Å²) in [6, 6.07) is 3.56. The van der Waals surface area contributed by atoms with Crippen LogP contribution in [0.25, 0.3) is 0 Å². The van der Waals surface area contributed by atoms with E-state index < -0.39 is 0 Å². The van der Waals surface area contributed by atoms with Crippen molar-refractivity contribution < 1.29 is 9.53 Å². The van der Waals surface area contributed by atoms with E-state index in [0.29, 0.717) is 18.8 Å². The van der Waals surface area contributed by atoms with Crippen LogP contribution in [-0.4, -0.2) is 58.5 Å². The minimum atomic E-state index is -0.0114. The maximum Gasteiger partial charge on any atom is 0.260 e. The van der Waals surface area contributed by atoms with Crippen molar-refractivity contribution in [3.05, 3.63) is 43.1 Å². The molecule has 1 saturated heterocycles. The topological polar surface area (TPSA) is 71.5 Å². The molecule has 1 aliphatic rings. The molecule has 0 atom stereocenters. The molecule has 3 heterocycles. The fourth-order valence-corrected chi connectivity index (χ4v) is 2.31. The Kier molecular flexibility index (Phi) is 4.43. The third kappa shape index (κ3) is 3.49. The van der Waals surface area contributed by atoms with Crippen LogP contribution in [0.2, 0.25) is 0 Å². The van der Waals surface area contributed by atoms with Gasteiger partial charge in [0.25, 0.3) is 5.91 Å². The summed E-state index contributed by atoms with van der Waals surface area (Å²) in [5.74, 6) is 1.44. The number of aromatic nitrogens is 3. The highest BCUT2D eigenvalue weighted by molar-refractivity contribution is 5.78. The molecule has 7 nitrogen and oxygen atoms in total. The first kappa shape index (κ1) is 14.2. The van der Waals surface area contributed by atoms with Crippen LogP contribution in [-0.2, 0) is 4.79 Å². The molecule has 1 aliphatic heterocycles. The van der Waals surface area contributed by atoms with Gasteiger partial charge < -0.3 is 14.5 Å². The van der Waals surface area contributed by atoms with Crippen molar-refractivity contribution in [3.8, 4) is 5.75 Å². The standard InChI is InChI=1S/C15H17N5O2/c21-15(12-22-13-2-1-3-16-10-13)20-8-6-19(7-9-20)14-11-17-4-5-18-14/h1-5,10-11H,6-9,12H2. The van der Waals surface area contributed by atoms with Gasteiger partial charge in [-0.1, -0.05) is 0 Å². The first-order valence-corrected chi connectivity index (χ1v) is 7.14. The molecule has 0 radical (unpaired) electrons. The summed E-state index contributed by atoms with van der Waals surface area (Å²) in [5.41, 5.74) is 0. The lowest BCUT2D eigenvalue weighted by Crippen LogP contribution is -2.50. The van der Waals surface area contributed by atoms with E-state index in [1.807, 2.05) is 4.90 Å². The molecule has 0 aromatic carbocycles. The Morgan fingerprint density at radius 2 is 1.91 bits per heavy atom. The van der Waals surface area contributed by atoms with E-state index in [4.69, 9.17) is 4.74 Å². The second-order valence-electron chi connectivity index (χ2n) is 4.91. The van der Waals surface area contributed by atoms with Gasteiger partial charge in [-0.05, 0) is 12.1 Å². The number of carbonyl (C=O) groups excluding carboxylic acids is 1. The van der Waals surface area contributed by atoms with Crippen LogP contribution in [0.1, 0.15) is 0 Å². The lowest BCUT2D eigenvalue weighted by molar-refractivity contribution is -0.133. The largest absolute Gasteiger partial charge is 0.482 e. The van der Waals surface area contributed by atoms with Crippen LogP contribution in [0.15, 0.2) is 43.1 Å². The Morgan fingerprint density at radius 1 is 1.09 bits per heavy atom. The van der Waals surface area contributed by atoms with Gasteiger partial charge in [0.1, 0.15) is 11.6 Å². The van der Waals surface area contributed by atoms with Crippen LogP contribution in [0.3, 0.4) is 0 Å². The van der Waals surface area contributed by atoms with Crippen LogP contribution in [0.4, 0.5) is 5.82 Å². The minimum Gasteiger partial charge on any atom is -0.482 e. The summed E-state index contributed by atoms with van der Waals surface area (Å²) < 4.78 is 5.44. The molecule has 0 aliphatic carbocycles. The van der Waals surface area contributed by atoms with Crippen molar-refractivity contribution in [1.29, 1.82) is 0 Å². The van der Waals surface area contributed by atoms with E-state index in [9.17, 15) is 4.79 Å². The number of pyridine rings is 1. The summed E-state index contributed by atoms with van der Waals surface area (Å²) in [5, 5.41) is 0. The van der Waals surface area contributed by atoms with E-state index in [0.717, 1.165) is 18.9 Å². The molecule has 0 bridgehead atoms. The van der Waals surface area contributed by atoms with Crippen LogP contribution in [0, 0.1) is 0 Å². The molecule has 0 saturated carbocycles. The van der Waals surface area contributed by atoms with Gasteiger partial charge in [0.15, 0.2) is 6.61 Å². The van der Waals surface area contributed by atoms with E-state index >= 15 is 0 Å². The zero-order valence-electron chi connectivity index (χ0n) is 12.1. The fourth-order valence-electron chi connectivity index (χ4n) is 2.31. The number of amides is 1. The average Bonchev–Trinajstić information content (AvgIpc) is 2.61. The Labute approximate surface area is 128 Å². The van der Waals surface area contributed by atoms with Gasteiger partial charge in [0.2, 0.25) is 0 Å². The maximum absolute atomic E-state index is 12.1. The number of carbonyl (C=O) groups is 1. The number of ether oxygens (including phenoxy) is 1. The number of piperazine rings is 1. The molecule has 114 valence electrons. The summed E-state index contributed by atoms with van der Waals surface area (Å²) in [4.78, 5) is 28.4. The smallest absolute Gasteiger partial charge is 0.260 e. The van der Waals surface area contributed by atoms with Crippen molar-refractivity contribution in [3.63, 3.8) is 0 Å². The normalized spacial score (nSPS) is 14.7. The number of hydrogen-bond donors (Lipinski definition) is 0. The lowest BCUT2D eigenvalue weighted by atomic mass is 10.3. The van der Waals surface area contributed by atoms with Crippen molar-refractivity contribution in [2.24, 2.45) is 0 Å². The van der Waals surface area contributed by atoms with Gasteiger partial charge in [-0.15, -0.1) is 0 Å². The molecule has 7 heteroatoms. The number of hydrogen-bond acceptors (Lipinski definition) is 6. The zero-order valence-corrected chi connectivity index (χ0v) is 12.1. The van der Waals surface area contributed by atoms with Crippen molar-refractivity contribution in [2.75, 3.05) is 37.7 Å². The molecular formula is C15H17N5O2. The third-order valence-corrected chi connectivity index (χ3v) is 3.50. The first-order valence-electron chi connectivity index (χ1n) is 7.14. The molecule has 1 amide bonds. The highest BCUT2D eigenvalue weighted by atomic mass is 16.5. The van der Waals surface area contributed by atoms with Crippen molar-refractivity contribution >= 4 is 11.7 Å². The van der Waals surface area contributed by atoms with E-state index in [1.165, 1.54) is 0 Å². The molecule has 0 N–H and O–H groups in total. The Morgan fingerprint density at radius 3 is 2.59 bits per heavy atom. The molecule has 2 aromatic heterocycles. The Bertz CT molecular complexity index is 600. The van der Waals surface area contributed by atoms with Crippen LogP contribution < -0.4 is 9.64 Å². The van der Waals surface area contributed by atoms with Crippen molar-refractivity contribution in [1.82, 2.24) is 19.9 Å². The first-order chi connectivity index (χ1) is 10.8. The minimum absolute atomic E-state index is 0.0114. The van der Waals surface area contributed by atoms with Crippen molar-refractivity contribution in [2.45, 2.75) is 0 Å². The Hall–Kier alpha value is -2.70. The molecule has 3 rings (SSSR count). The second kappa shape index (κ2) is 6.84. The predicted octanol–water partition coefficient (Wildman–Crippen LogP) is 0.599. The molecule has 0 unspecified atom stereocenters. The second-order valence-corrected chi connectivity index (χ2v) is 4.91. The van der Waals surface area contributed by atoms with E-state index in [2.05, 4.69) is 19.9 Å². The van der Waals surface area contributed by atoms with Gasteiger partial charge in [-0.2, -0.15) is 0 Å². The number of nitrogens with zero attached hydrogens (tertiary/aromatic N) is 5. The van der Waals surface area contributed by atoms with E-state index in [-0.39, 0.29) is 12.5 Å². The van der Waals surface area contributed by atoms with Gasteiger partial charge >= 0.3 is 0 Å². The highest BCUT2D eigenvalue weighted by Crippen LogP contribution is 2.12. The molecular weight excluding hydrogens is 282 g/mol. The summed E-state index contributed by atoms with van der Waals surface area (Å²) in [6.07, 6.45) is 8.33. The van der Waals surface area contributed by atoms with E-state index in [1.54, 1.807) is 43.1 Å². The molecule has 0 spiro atoms. The maximum atomic E-state index is 12.1. The molecule has 1 fully saturated rings. The lowest BCUT2D eigenvalue weighted by Gasteiger charge is -2.35. The van der Waals surface area contributed by atoms with Gasteiger partial charge in [-0.25, -0.2) is 4.98 Å². The zero-order chi connectivity index (χ0) is 15.2. The Balaban J connectivity index is 1.48. The molecule has 2 aromatic rings. The third-order valence-electron chi connectivity index (χ3n) is 3.50. The van der Waals surface area contributed by atoms with Crippen LogP contribution >= 0.6 is 0 Å². The van der Waals surface area contributed by atoms with Gasteiger partial charge in [-0.3, -0.25) is 14.8 Å². The van der Waals surface area contributed by atoms with Gasteiger partial charge in [0.05, 0.1) is 12.4 Å². The summed E-state index contributed by atoms with van der Waals surface area (Å²) in [6.45, 7) is 2.85. The summed E-state index contributed by atoms with van der Waals surface area (Å²) in [7, 11) is 0. The van der Waals surface area contributed by atoms with Crippen LogP contribution in [0.5, 0.6) is 5.75 Å². The highest BCUT2D eigenvalue weighted by Gasteiger charge is 2.22. The number of rotatable bonds is 4. The fraction of sp³-hybridized carbons (Fsp3) is 0.333. The SMILES string of the molecule is O=C(COc1cccnc1)N1CCN(c2cnccn2)CC1. The quantitative estimate of drug-likeness (QED) is 0.823. The average molecular weight is 299 g/mol. The molecule has 22 heavy (non-hydrogen) atoms. The predicted molar refractivity (Wildman–Crippen MR) is 80.6 cm³/mol.